The van der Waals surface area contributed by atoms with Gasteiger partial charge < -0.3 is 4.74 Å². The van der Waals surface area contributed by atoms with Gasteiger partial charge in [0.15, 0.2) is 5.13 Å². The van der Waals surface area contributed by atoms with Gasteiger partial charge in [-0.15, -0.1) is 0 Å². The molecular weight excluding hydrogens is 344 g/mol. The first kappa shape index (κ1) is 16.7. The Hall–Kier alpha value is -2.12. The van der Waals surface area contributed by atoms with Gasteiger partial charge in [0.1, 0.15) is 5.75 Å². The monoisotopic (exact) mass is 362 g/mol. The van der Waals surface area contributed by atoms with Crippen molar-refractivity contribution < 1.29 is 13.2 Å². The van der Waals surface area contributed by atoms with Crippen LogP contribution in [0.2, 0.25) is 0 Å². The molecule has 7 heteroatoms. The van der Waals surface area contributed by atoms with E-state index in [1.165, 1.54) is 36.1 Å². The maximum atomic E-state index is 12.5. The third-order valence-corrected chi connectivity index (χ3v) is 6.09. The van der Waals surface area contributed by atoms with E-state index in [-0.39, 0.29) is 4.90 Å². The first-order chi connectivity index (χ1) is 11.4. The summed E-state index contributed by atoms with van der Waals surface area (Å²) in [6, 6.07) is 12.2. The molecule has 0 aliphatic heterocycles. The number of hydrogen-bond donors (Lipinski definition) is 1. The molecule has 126 valence electrons. The van der Waals surface area contributed by atoms with Gasteiger partial charge in [0, 0.05) is 0 Å². The molecule has 0 aliphatic rings. The lowest BCUT2D eigenvalue weighted by Crippen LogP contribution is -2.12. The molecule has 1 heterocycles. The highest BCUT2D eigenvalue weighted by atomic mass is 32.2. The maximum absolute atomic E-state index is 12.5. The second kappa shape index (κ2) is 6.41. The minimum atomic E-state index is -3.67. The van der Waals surface area contributed by atoms with Crippen LogP contribution in [-0.2, 0) is 10.0 Å². The van der Waals surface area contributed by atoms with Gasteiger partial charge in [-0.1, -0.05) is 31.3 Å². The van der Waals surface area contributed by atoms with Crippen LogP contribution in [0.25, 0.3) is 10.2 Å². The molecule has 0 spiro atoms. The van der Waals surface area contributed by atoms with Gasteiger partial charge in [-0.3, -0.25) is 4.72 Å². The second-order valence-corrected chi connectivity index (χ2v) is 8.39. The van der Waals surface area contributed by atoms with Crippen LogP contribution in [0.15, 0.2) is 47.4 Å². The van der Waals surface area contributed by atoms with Gasteiger partial charge in [-0.2, -0.15) is 0 Å². The molecule has 0 amide bonds. The summed E-state index contributed by atoms with van der Waals surface area (Å²) in [5.74, 6) is 1.02. The molecule has 3 rings (SSSR count). The lowest BCUT2D eigenvalue weighted by molar-refractivity contribution is 0.414. The molecular formula is C17H18N2O3S2. The number of aromatic nitrogens is 1. The minimum Gasteiger partial charge on any atom is -0.497 e. The third kappa shape index (κ3) is 3.37. The fourth-order valence-electron chi connectivity index (χ4n) is 2.27. The summed E-state index contributed by atoms with van der Waals surface area (Å²) in [7, 11) is -2.13. The number of anilines is 1. The Morgan fingerprint density at radius 2 is 1.83 bits per heavy atom. The topological polar surface area (TPSA) is 68.3 Å². The van der Waals surface area contributed by atoms with E-state index < -0.39 is 10.0 Å². The van der Waals surface area contributed by atoms with E-state index in [1.54, 1.807) is 12.1 Å². The van der Waals surface area contributed by atoms with Crippen molar-refractivity contribution >= 4 is 36.7 Å². The van der Waals surface area contributed by atoms with Crippen molar-refractivity contribution in [2.45, 2.75) is 24.7 Å². The molecule has 24 heavy (non-hydrogen) atoms. The van der Waals surface area contributed by atoms with Crippen molar-refractivity contribution in [2.24, 2.45) is 0 Å². The number of nitrogens with one attached hydrogen (secondary N) is 1. The summed E-state index contributed by atoms with van der Waals surface area (Å²) in [5.41, 5.74) is 1.99. The highest BCUT2D eigenvalue weighted by Crippen LogP contribution is 2.30. The Labute approximate surface area is 145 Å². The Morgan fingerprint density at radius 1 is 1.12 bits per heavy atom. The van der Waals surface area contributed by atoms with Crippen LogP contribution in [0.3, 0.4) is 0 Å². The molecule has 3 aromatic rings. The van der Waals surface area contributed by atoms with Crippen molar-refractivity contribution in [3.63, 3.8) is 0 Å². The van der Waals surface area contributed by atoms with Gasteiger partial charge in [-0.25, -0.2) is 13.4 Å². The predicted molar refractivity (Wildman–Crippen MR) is 97.5 cm³/mol. The number of fused-ring (bicyclic) bond motifs is 1. The van der Waals surface area contributed by atoms with Gasteiger partial charge in [0.25, 0.3) is 10.0 Å². The molecule has 0 unspecified atom stereocenters. The molecule has 0 fully saturated rings. The van der Waals surface area contributed by atoms with Crippen LogP contribution in [0.4, 0.5) is 5.13 Å². The summed E-state index contributed by atoms with van der Waals surface area (Å²) < 4.78 is 33.5. The van der Waals surface area contributed by atoms with Crippen molar-refractivity contribution in [2.75, 3.05) is 11.8 Å². The van der Waals surface area contributed by atoms with Crippen molar-refractivity contribution in [1.29, 1.82) is 0 Å². The number of methoxy groups -OCH3 is 1. The summed E-state index contributed by atoms with van der Waals surface area (Å²) in [4.78, 5) is 4.53. The van der Waals surface area contributed by atoms with Gasteiger partial charge in [0.05, 0.1) is 22.2 Å². The Bertz CT molecular complexity index is 961. The quantitative estimate of drug-likeness (QED) is 0.737. The predicted octanol–water partition coefficient (Wildman–Crippen LogP) is 4.23. The molecule has 0 bridgehead atoms. The fourth-order valence-corrected chi connectivity index (χ4v) is 4.42. The van der Waals surface area contributed by atoms with E-state index in [9.17, 15) is 8.42 Å². The molecule has 0 radical (unpaired) electrons. The first-order valence-corrected chi connectivity index (χ1v) is 9.76. The van der Waals surface area contributed by atoms with Crippen LogP contribution < -0.4 is 9.46 Å². The highest BCUT2D eigenvalue weighted by molar-refractivity contribution is 7.93. The molecule has 0 atom stereocenters. The number of hydrogen-bond acceptors (Lipinski definition) is 5. The SMILES string of the molecule is COc1ccc(S(=O)(=O)Nc2nc3ccc(C(C)C)cc3s2)cc1. The average Bonchev–Trinajstić information content (AvgIpc) is 2.95. The summed E-state index contributed by atoms with van der Waals surface area (Å²) in [6.07, 6.45) is 0. The highest BCUT2D eigenvalue weighted by Gasteiger charge is 2.17. The fraction of sp³-hybridized carbons (Fsp3) is 0.235. The zero-order valence-corrected chi connectivity index (χ0v) is 15.2. The normalized spacial score (nSPS) is 11.8. The standard InChI is InChI=1S/C17H18N2O3S2/c1-11(2)12-4-9-15-16(10-12)23-17(18-15)19-24(20,21)14-7-5-13(22-3)6-8-14/h4-11H,1-3H3,(H,18,19). The maximum Gasteiger partial charge on any atom is 0.263 e. The van der Waals surface area contributed by atoms with E-state index in [1.807, 2.05) is 12.1 Å². The van der Waals surface area contributed by atoms with Crippen LogP contribution >= 0.6 is 11.3 Å². The summed E-state index contributed by atoms with van der Waals surface area (Å²) in [5, 5.41) is 0.363. The number of rotatable bonds is 5. The largest absolute Gasteiger partial charge is 0.497 e. The molecule has 1 N–H and O–H groups in total. The third-order valence-electron chi connectivity index (χ3n) is 3.67. The van der Waals surface area contributed by atoms with Gasteiger partial charge in [0.2, 0.25) is 0 Å². The number of thiazole rings is 1. The van der Waals surface area contributed by atoms with Crippen molar-refractivity contribution in [3.8, 4) is 5.75 Å². The average molecular weight is 362 g/mol. The molecule has 2 aromatic carbocycles. The van der Waals surface area contributed by atoms with Crippen molar-refractivity contribution in [1.82, 2.24) is 4.98 Å². The molecule has 0 saturated heterocycles. The minimum absolute atomic E-state index is 0.172. The van der Waals surface area contributed by atoms with Gasteiger partial charge in [-0.05, 0) is 47.9 Å². The summed E-state index contributed by atoms with van der Waals surface area (Å²) >= 11 is 1.33. The van der Waals surface area contributed by atoms with Crippen LogP contribution in [-0.4, -0.2) is 20.5 Å². The van der Waals surface area contributed by atoms with Crippen molar-refractivity contribution in [3.05, 3.63) is 48.0 Å². The van der Waals surface area contributed by atoms with Gasteiger partial charge >= 0.3 is 0 Å². The Balaban J connectivity index is 1.90. The Kier molecular flexibility index (Phi) is 4.47. The lowest BCUT2D eigenvalue weighted by atomic mass is 10.0. The smallest absolute Gasteiger partial charge is 0.263 e. The zero-order chi connectivity index (χ0) is 17.3. The summed E-state index contributed by atoms with van der Waals surface area (Å²) in [6.45, 7) is 4.24. The Morgan fingerprint density at radius 3 is 2.46 bits per heavy atom. The molecule has 5 nitrogen and oxygen atoms in total. The molecule has 0 aliphatic carbocycles. The molecule has 1 aromatic heterocycles. The van der Waals surface area contributed by atoms with E-state index in [0.717, 1.165) is 10.2 Å². The first-order valence-electron chi connectivity index (χ1n) is 7.46. The van der Waals surface area contributed by atoms with E-state index >= 15 is 0 Å². The molecule has 0 saturated carbocycles. The van der Waals surface area contributed by atoms with Crippen LogP contribution in [0, 0.1) is 0 Å². The number of ether oxygens (including phenoxy) is 1. The zero-order valence-electron chi connectivity index (χ0n) is 13.6. The van der Waals surface area contributed by atoms with E-state index in [2.05, 4.69) is 29.6 Å². The number of nitrogens with zero attached hydrogens (tertiary/aromatic N) is 1. The van der Waals surface area contributed by atoms with Crippen LogP contribution in [0.5, 0.6) is 5.75 Å². The lowest BCUT2D eigenvalue weighted by Gasteiger charge is -2.05. The second-order valence-electron chi connectivity index (χ2n) is 5.68. The van der Waals surface area contributed by atoms with E-state index in [0.29, 0.717) is 16.8 Å². The number of benzene rings is 2. The van der Waals surface area contributed by atoms with Crippen LogP contribution in [0.1, 0.15) is 25.3 Å². The number of sulfonamides is 1. The van der Waals surface area contributed by atoms with E-state index in [4.69, 9.17) is 4.74 Å².